The van der Waals surface area contributed by atoms with Crippen LogP contribution < -0.4 is 0 Å². The highest BCUT2D eigenvalue weighted by Crippen LogP contribution is 2.31. The molecule has 0 amide bonds. The van der Waals surface area contributed by atoms with E-state index >= 15 is 0 Å². The normalized spacial score (nSPS) is 10.0. The van der Waals surface area contributed by atoms with E-state index in [1.807, 2.05) is 63.6 Å². The van der Waals surface area contributed by atoms with Crippen molar-refractivity contribution in [3.8, 4) is 0 Å². The van der Waals surface area contributed by atoms with E-state index in [2.05, 4.69) is 327 Å². The summed E-state index contributed by atoms with van der Waals surface area (Å²) in [5.74, 6) is 0. The SMILES string of the molecule is Cc1c2ccccc2c(C)c2ccccc12.Cc1cc(C)c(C)cc1C.Cc1ccc(C)c2ccccc12.Cc1ccc(C)cc1.Cc1ccc(C)nc1.Cc1ccc(C)nc1.Cc1ccc(C)s1.Cc1ccc2cc(C)ccc2c1.Cc1cccc(C)c1. The summed E-state index contributed by atoms with van der Waals surface area (Å²) in [6, 6.07) is 77.1. The second-order valence-electron chi connectivity index (χ2n) is 23.9. The van der Waals surface area contributed by atoms with Crippen LogP contribution in [0.5, 0.6) is 0 Å². The molecule has 0 unspecified atom stereocenters. The van der Waals surface area contributed by atoms with E-state index in [9.17, 15) is 0 Å². The third kappa shape index (κ3) is 24.0. The molecule has 0 fully saturated rings. The molecular weight excluding hydrogens is 1090 g/mol. The topological polar surface area (TPSA) is 25.8 Å². The molecule has 13 rings (SSSR count). The average Bonchev–Trinajstić information content (AvgIpc) is 2.29. The number of fused-ring (bicyclic) bond motifs is 4. The predicted molar refractivity (Wildman–Crippen MR) is 396 cm³/mol. The van der Waals surface area contributed by atoms with Crippen LogP contribution in [0.2, 0.25) is 0 Å². The number of rotatable bonds is 0. The maximum absolute atomic E-state index is 4.08. The summed E-state index contributed by atoms with van der Waals surface area (Å²) in [7, 11) is 0. The van der Waals surface area contributed by atoms with Crippen molar-refractivity contribution in [3.05, 3.63) is 341 Å². The Morgan fingerprint density at radius 1 is 0.213 bits per heavy atom. The molecule has 0 N–H and O–H groups in total. The highest BCUT2D eigenvalue weighted by atomic mass is 32.1. The minimum absolute atomic E-state index is 1.08. The lowest BCUT2D eigenvalue weighted by Gasteiger charge is -2.11. The fourth-order valence-corrected chi connectivity index (χ4v) is 10.6. The number of pyridine rings is 2. The molecule has 3 aromatic heterocycles. The highest BCUT2D eigenvalue weighted by Gasteiger charge is 2.07. The van der Waals surface area contributed by atoms with Crippen LogP contribution in [0.3, 0.4) is 0 Å². The van der Waals surface area contributed by atoms with E-state index in [0.717, 1.165) is 11.4 Å². The van der Waals surface area contributed by atoms with Crippen LogP contribution in [0, 0.1) is 138 Å². The standard InChI is InChI=1S/C16H14.2C12H12.C10H14.2C8H10.2C7H9N.C6H8S/c1-11-13-7-3-5-9-15(13)12(2)16-10-6-4-8-14(11)16;1-9-3-5-12-8-10(2)4-6-11(12)7-9;1-9-7-8-10(2)12-6-4-3-5-11(9)12;1-7-5-9(3)10(4)6-8(7)2;1-7-3-5-8(2)6-4-7;1-7-4-3-5-8(2)6-7;2*1-6-3-4-7(2)8-5-6;1-5-3-4-6(2)7-5/h3-10H,1-2H3;2*3-8H,1-2H3;5-6H,1-4H3;2*3-6H,1-2H3;2*3-5H,1-2H3;3-4H,1-2H3. The minimum Gasteiger partial charge on any atom is -0.261 e. The minimum atomic E-state index is 1.08. The van der Waals surface area contributed by atoms with Gasteiger partial charge in [0.05, 0.1) is 0 Å². The predicted octanol–water partition coefficient (Wildman–Crippen LogP) is 24.8. The molecule has 0 aliphatic carbocycles. The Balaban J connectivity index is 0.000000185. The van der Waals surface area contributed by atoms with Gasteiger partial charge in [0, 0.05) is 33.5 Å². The summed E-state index contributed by atoms with van der Waals surface area (Å²) in [5, 5.41) is 10.9. The van der Waals surface area contributed by atoms with Crippen LogP contribution >= 0.6 is 11.3 Å². The Bertz CT molecular complexity index is 3830. The van der Waals surface area contributed by atoms with Crippen LogP contribution in [0.25, 0.3) is 43.1 Å². The van der Waals surface area contributed by atoms with Gasteiger partial charge in [0.2, 0.25) is 0 Å². The molecule has 3 heterocycles. The molecule has 0 saturated carbocycles. The first-order valence-corrected chi connectivity index (χ1v) is 31.9. The molecule has 0 aliphatic heterocycles. The van der Waals surface area contributed by atoms with Crippen LogP contribution in [0.4, 0.5) is 0 Å². The fourth-order valence-electron chi connectivity index (χ4n) is 9.84. The van der Waals surface area contributed by atoms with Crippen molar-refractivity contribution >= 4 is 54.4 Å². The molecule has 2 nitrogen and oxygen atoms in total. The van der Waals surface area contributed by atoms with Gasteiger partial charge < -0.3 is 0 Å². The zero-order valence-electron chi connectivity index (χ0n) is 57.2. The van der Waals surface area contributed by atoms with E-state index in [0.29, 0.717) is 0 Å². The van der Waals surface area contributed by atoms with Crippen molar-refractivity contribution in [3.63, 3.8) is 0 Å². The molecule has 89 heavy (non-hydrogen) atoms. The Labute approximate surface area is 540 Å². The van der Waals surface area contributed by atoms with Crippen molar-refractivity contribution in [1.82, 2.24) is 9.97 Å². The summed E-state index contributed by atoms with van der Waals surface area (Å²) in [6.45, 7) is 42.3. The molecule has 10 aromatic carbocycles. The average molecular weight is 1190 g/mol. The van der Waals surface area contributed by atoms with Crippen LogP contribution in [0.1, 0.15) is 110 Å². The summed E-state index contributed by atoms with van der Waals surface area (Å²) in [6.07, 6.45) is 3.74. The molecule has 0 atom stereocenters. The van der Waals surface area contributed by atoms with E-state index < -0.39 is 0 Å². The van der Waals surface area contributed by atoms with Crippen molar-refractivity contribution in [2.24, 2.45) is 0 Å². The van der Waals surface area contributed by atoms with Crippen molar-refractivity contribution in [2.45, 2.75) is 138 Å². The lowest BCUT2D eigenvalue weighted by Crippen LogP contribution is -1.87. The van der Waals surface area contributed by atoms with Gasteiger partial charge in [-0.15, -0.1) is 11.3 Å². The molecular formula is C86H98N2S. The van der Waals surface area contributed by atoms with Gasteiger partial charge in [-0.2, -0.15) is 0 Å². The third-order valence-electron chi connectivity index (χ3n) is 15.5. The van der Waals surface area contributed by atoms with E-state index in [-0.39, 0.29) is 0 Å². The Hall–Kier alpha value is -8.76. The van der Waals surface area contributed by atoms with E-state index in [1.165, 1.54) is 142 Å². The number of nitrogens with zero attached hydrogens (tertiary/aromatic N) is 2. The van der Waals surface area contributed by atoms with Crippen LogP contribution in [-0.2, 0) is 0 Å². The summed E-state index contributed by atoms with van der Waals surface area (Å²) < 4.78 is 0. The van der Waals surface area contributed by atoms with E-state index in [1.54, 1.807) is 0 Å². The zero-order valence-corrected chi connectivity index (χ0v) is 58.1. The molecule has 13 aromatic rings. The Morgan fingerprint density at radius 2 is 0.506 bits per heavy atom. The van der Waals surface area contributed by atoms with E-state index in [4.69, 9.17) is 0 Å². The third-order valence-corrected chi connectivity index (χ3v) is 16.4. The van der Waals surface area contributed by atoms with Crippen molar-refractivity contribution in [2.75, 3.05) is 0 Å². The zero-order chi connectivity index (χ0) is 65.2. The smallest absolute Gasteiger partial charge is 0.0372 e. The van der Waals surface area contributed by atoms with Crippen LogP contribution in [0.15, 0.2) is 231 Å². The molecule has 0 saturated heterocycles. The first-order valence-electron chi connectivity index (χ1n) is 31.1. The fraction of sp³-hybridized carbons (Fsp3) is 0.233. The lowest BCUT2D eigenvalue weighted by molar-refractivity contribution is 1.17. The Kier molecular flexibility index (Phi) is 28.6. The van der Waals surface area contributed by atoms with Gasteiger partial charge in [-0.25, -0.2) is 0 Å². The van der Waals surface area contributed by atoms with Gasteiger partial charge >= 0.3 is 0 Å². The molecule has 0 aliphatic rings. The first kappa shape index (κ1) is 71.0. The number of benzene rings is 10. The largest absolute Gasteiger partial charge is 0.261 e. The van der Waals surface area contributed by atoms with Crippen molar-refractivity contribution in [1.29, 1.82) is 0 Å². The van der Waals surface area contributed by atoms with Gasteiger partial charge in [-0.05, 0) is 261 Å². The highest BCUT2D eigenvalue weighted by molar-refractivity contribution is 7.11. The van der Waals surface area contributed by atoms with Gasteiger partial charge in [-0.3, -0.25) is 9.97 Å². The van der Waals surface area contributed by atoms with Crippen molar-refractivity contribution < 1.29 is 0 Å². The summed E-state index contributed by atoms with van der Waals surface area (Å²) in [4.78, 5) is 11.0. The van der Waals surface area contributed by atoms with Gasteiger partial charge in [0.1, 0.15) is 0 Å². The number of hydrogen-bond acceptors (Lipinski definition) is 3. The number of aromatic nitrogens is 2. The number of hydrogen-bond donors (Lipinski definition) is 0. The maximum atomic E-state index is 4.08. The summed E-state index contributed by atoms with van der Waals surface area (Å²) in [5.41, 5.74) is 23.6. The number of thiophene rings is 1. The molecule has 0 spiro atoms. The molecule has 3 heteroatoms. The summed E-state index contributed by atoms with van der Waals surface area (Å²) >= 11 is 1.84. The van der Waals surface area contributed by atoms with Crippen LogP contribution in [-0.4, -0.2) is 9.97 Å². The van der Waals surface area contributed by atoms with Gasteiger partial charge in [-0.1, -0.05) is 228 Å². The first-order chi connectivity index (χ1) is 42.4. The second-order valence-corrected chi connectivity index (χ2v) is 25.4. The van der Waals surface area contributed by atoms with Gasteiger partial charge in [0.25, 0.3) is 0 Å². The number of aryl methyl sites for hydroxylation is 20. The Morgan fingerprint density at radius 3 is 0.764 bits per heavy atom. The molecule has 0 radical (unpaired) electrons. The monoisotopic (exact) mass is 1190 g/mol. The van der Waals surface area contributed by atoms with Gasteiger partial charge in [0.15, 0.2) is 0 Å². The molecule has 458 valence electrons. The quantitative estimate of drug-likeness (QED) is 0.141. The maximum Gasteiger partial charge on any atom is 0.0372 e. The molecule has 0 bridgehead atoms. The lowest BCUT2D eigenvalue weighted by atomic mass is 9.93. The second kappa shape index (κ2) is 35.9.